The zero-order valence-electron chi connectivity index (χ0n) is 10.9. The third kappa shape index (κ3) is 4.10. The Morgan fingerprint density at radius 2 is 2.00 bits per heavy atom. The van der Waals surface area contributed by atoms with E-state index in [0.29, 0.717) is 13.2 Å². The number of unbranched alkanes of at least 4 members (excludes halogenated alkanes) is 1. The van der Waals surface area contributed by atoms with Gasteiger partial charge in [0.1, 0.15) is 13.2 Å². The number of benzene rings is 1. The molecule has 1 N–H and O–H groups in total. The number of hydrogen-bond donors (Lipinski definition) is 1. The van der Waals surface area contributed by atoms with Gasteiger partial charge in [-0.1, -0.05) is 13.3 Å². The Morgan fingerprint density at radius 3 is 2.83 bits per heavy atom. The molecule has 3 nitrogen and oxygen atoms in total. The maximum atomic E-state index is 5.57. The average molecular weight is 267 g/mol. The first-order valence-electron chi connectivity index (χ1n) is 6.63. The lowest BCUT2D eigenvalue weighted by atomic mass is 10.3. The zero-order chi connectivity index (χ0) is 12.6. The SMILES string of the molecule is CCCCNCCSc1ccc2c(c1)OCCO2. The molecule has 1 heterocycles. The van der Waals surface area contributed by atoms with Crippen LogP contribution in [0.5, 0.6) is 11.5 Å². The Labute approximate surface area is 113 Å². The van der Waals surface area contributed by atoms with Crippen LogP contribution in [0.15, 0.2) is 23.1 Å². The summed E-state index contributed by atoms with van der Waals surface area (Å²) in [4.78, 5) is 1.25. The molecule has 1 aromatic carbocycles. The number of hydrogen-bond acceptors (Lipinski definition) is 4. The van der Waals surface area contributed by atoms with Crippen molar-refractivity contribution < 1.29 is 9.47 Å². The first-order valence-corrected chi connectivity index (χ1v) is 7.62. The molecular formula is C14H21NO2S. The summed E-state index contributed by atoms with van der Waals surface area (Å²) in [6.07, 6.45) is 2.51. The van der Waals surface area contributed by atoms with Gasteiger partial charge in [-0.3, -0.25) is 0 Å². The predicted molar refractivity (Wildman–Crippen MR) is 75.9 cm³/mol. The van der Waals surface area contributed by atoms with Gasteiger partial charge in [-0.25, -0.2) is 0 Å². The van der Waals surface area contributed by atoms with Crippen molar-refractivity contribution in [3.05, 3.63) is 18.2 Å². The standard InChI is InChI=1S/C14H21NO2S/c1-2-3-6-15-7-10-18-12-4-5-13-14(11-12)17-9-8-16-13/h4-5,11,15H,2-3,6-10H2,1H3. The van der Waals surface area contributed by atoms with Crippen molar-refractivity contribution in [1.29, 1.82) is 0 Å². The Balaban J connectivity index is 1.72. The van der Waals surface area contributed by atoms with Gasteiger partial charge in [-0.05, 0) is 31.2 Å². The van der Waals surface area contributed by atoms with Gasteiger partial charge in [0.2, 0.25) is 0 Å². The molecule has 0 atom stereocenters. The van der Waals surface area contributed by atoms with Crippen LogP contribution in [-0.2, 0) is 0 Å². The van der Waals surface area contributed by atoms with Gasteiger partial charge in [0.15, 0.2) is 11.5 Å². The van der Waals surface area contributed by atoms with Crippen molar-refractivity contribution in [1.82, 2.24) is 5.32 Å². The molecule has 0 aromatic heterocycles. The molecule has 0 aliphatic carbocycles. The third-order valence-electron chi connectivity index (χ3n) is 2.77. The van der Waals surface area contributed by atoms with Gasteiger partial charge in [-0.2, -0.15) is 0 Å². The monoisotopic (exact) mass is 267 g/mol. The van der Waals surface area contributed by atoms with Crippen molar-refractivity contribution in [3.63, 3.8) is 0 Å². The van der Waals surface area contributed by atoms with E-state index in [-0.39, 0.29) is 0 Å². The van der Waals surface area contributed by atoms with Crippen LogP contribution in [0.3, 0.4) is 0 Å². The molecule has 1 aliphatic heterocycles. The molecule has 0 amide bonds. The van der Waals surface area contributed by atoms with Gasteiger partial charge in [0, 0.05) is 17.2 Å². The van der Waals surface area contributed by atoms with Gasteiger partial charge in [-0.15, -0.1) is 11.8 Å². The minimum Gasteiger partial charge on any atom is -0.486 e. The third-order valence-corrected chi connectivity index (χ3v) is 3.76. The maximum absolute atomic E-state index is 5.57. The summed E-state index contributed by atoms with van der Waals surface area (Å²) in [6.45, 7) is 5.70. The highest BCUT2D eigenvalue weighted by Gasteiger charge is 2.11. The first kappa shape index (κ1) is 13.6. The fraction of sp³-hybridized carbons (Fsp3) is 0.571. The molecule has 2 rings (SSSR count). The number of fused-ring (bicyclic) bond motifs is 1. The summed E-state index contributed by atoms with van der Waals surface area (Å²) in [5.74, 6) is 2.83. The van der Waals surface area contributed by atoms with Crippen LogP contribution in [0.25, 0.3) is 0 Å². The summed E-state index contributed by atoms with van der Waals surface area (Å²) in [5, 5.41) is 3.44. The van der Waals surface area contributed by atoms with Gasteiger partial charge >= 0.3 is 0 Å². The normalized spacial score (nSPS) is 13.6. The topological polar surface area (TPSA) is 30.5 Å². The van der Waals surface area contributed by atoms with Crippen molar-refractivity contribution in [2.24, 2.45) is 0 Å². The van der Waals surface area contributed by atoms with E-state index >= 15 is 0 Å². The van der Waals surface area contributed by atoms with Crippen LogP contribution in [0.4, 0.5) is 0 Å². The maximum Gasteiger partial charge on any atom is 0.162 e. The van der Waals surface area contributed by atoms with Crippen molar-refractivity contribution in [3.8, 4) is 11.5 Å². The number of ether oxygens (including phenoxy) is 2. The smallest absolute Gasteiger partial charge is 0.162 e. The van der Waals surface area contributed by atoms with Crippen LogP contribution in [0, 0.1) is 0 Å². The van der Waals surface area contributed by atoms with Crippen molar-refractivity contribution in [2.45, 2.75) is 24.7 Å². The summed E-state index contributed by atoms with van der Waals surface area (Å²) < 4.78 is 11.1. The Bertz CT molecular complexity index is 371. The van der Waals surface area contributed by atoms with Crippen LogP contribution in [0.1, 0.15) is 19.8 Å². The lowest BCUT2D eigenvalue weighted by Gasteiger charge is -2.18. The number of rotatable bonds is 7. The quantitative estimate of drug-likeness (QED) is 0.608. The van der Waals surface area contributed by atoms with E-state index in [0.717, 1.165) is 30.3 Å². The Kier molecular flexibility index (Phi) is 5.68. The van der Waals surface area contributed by atoms with E-state index in [2.05, 4.69) is 24.4 Å². The minimum absolute atomic E-state index is 0.652. The summed E-state index contributed by atoms with van der Waals surface area (Å²) in [7, 11) is 0. The molecular weight excluding hydrogens is 246 g/mol. The van der Waals surface area contributed by atoms with Crippen molar-refractivity contribution >= 4 is 11.8 Å². The van der Waals surface area contributed by atoms with Gasteiger partial charge < -0.3 is 14.8 Å². The summed E-state index contributed by atoms with van der Waals surface area (Å²) in [6, 6.07) is 6.18. The Hall–Kier alpha value is -0.870. The fourth-order valence-corrected chi connectivity index (χ4v) is 2.62. The molecule has 0 spiro atoms. The van der Waals surface area contributed by atoms with E-state index in [4.69, 9.17) is 9.47 Å². The van der Waals surface area contributed by atoms with Crippen LogP contribution in [0.2, 0.25) is 0 Å². The second kappa shape index (κ2) is 7.54. The number of nitrogens with one attached hydrogen (secondary N) is 1. The second-order valence-corrected chi connectivity index (χ2v) is 5.43. The van der Waals surface area contributed by atoms with Crippen LogP contribution < -0.4 is 14.8 Å². The molecule has 1 aliphatic rings. The van der Waals surface area contributed by atoms with Crippen LogP contribution in [-0.4, -0.2) is 32.1 Å². The highest BCUT2D eigenvalue weighted by molar-refractivity contribution is 7.99. The molecule has 18 heavy (non-hydrogen) atoms. The molecule has 0 unspecified atom stereocenters. The molecule has 0 saturated heterocycles. The highest BCUT2D eigenvalue weighted by Crippen LogP contribution is 2.33. The van der Waals surface area contributed by atoms with E-state index in [9.17, 15) is 0 Å². The van der Waals surface area contributed by atoms with Crippen LogP contribution >= 0.6 is 11.8 Å². The van der Waals surface area contributed by atoms with Crippen molar-refractivity contribution in [2.75, 3.05) is 32.1 Å². The van der Waals surface area contributed by atoms with E-state index in [1.165, 1.54) is 17.7 Å². The van der Waals surface area contributed by atoms with E-state index in [1.807, 2.05) is 17.8 Å². The zero-order valence-corrected chi connectivity index (χ0v) is 11.7. The molecule has 0 radical (unpaired) electrons. The lowest BCUT2D eigenvalue weighted by molar-refractivity contribution is 0.171. The number of thioether (sulfide) groups is 1. The summed E-state index contributed by atoms with van der Waals surface area (Å²) >= 11 is 1.85. The molecule has 100 valence electrons. The molecule has 0 fully saturated rings. The van der Waals surface area contributed by atoms with E-state index < -0.39 is 0 Å². The first-order chi connectivity index (χ1) is 8.90. The summed E-state index contributed by atoms with van der Waals surface area (Å²) in [5.41, 5.74) is 0. The van der Waals surface area contributed by atoms with Gasteiger partial charge in [0.25, 0.3) is 0 Å². The molecule has 0 saturated carbocycles. The van der Waals surface area contributed by atoms with E-state index in [1.54, 1.807) is 0 Å². The average Bonchev–Trinajstić information content (AvgIpc) is 2.42. The molecule has 4 heteroatoms. The second-order valence-electron chi connectivity index (χ2n) is 4.26. The fourth-order valence-electron chi connectivity index (χ4n) is 1.78. The van der Waals surface area contributed by atoms with Gasteiger partial charge in [0.05, 0.1) is 0 Å². The highest BCUT2D eigenvalue weighted by atomic mass is 32.2. The largest absolute Gasteiger partial charge is 0.486 e. The predicted octanol–water partition coefficient (Wildman–Crippen LogP) is 2.94. The Morgan fingerprint density at radius 1 is 1.17 bits per heavy atom. The minimum atomic E-state index is 0.652. The lowest BCUT2D eigenvalue weighted by Crippen LogP contribution is -2.18. The molecule has 0 bridgehead atoms. The molecule has 1 aromatic rings.